The number of carbonyl (C=O) groups is 1. The predicted molar refractivity (Wildman–Crippen MR) is 113 cm³/mol. The van der Waals surface area contributed by atoms with E-state index >= 15 is 0 Å². The highest BCUT2D eigenvalue weighted by molar-refractivity contribution is 6.31. The van der Waals surface area contributed by atoms with Crippen LogP contribution in [0.3, 0.4) is 0 Å². The molecule has 2 N–H and O–H groups in total. The summed E-state index contributed by atoms with van der Waals surface area (Å²) >= 11 is 0. The number of amides is 1. The van der Waals surface area contributed by atoms with Crippen molar-refractivity contribution in [2.75, 3.05) is 36.9 Å². The first-order valence-electron chi connectivity index (χ1n) is 10.2. The van der Waals surface area contributed by atoms with Gasteiger partial charge in [-0.25, -0.2) is 4.39 Å². The molecule has 0 aliphatic carbocycles. The predicted octanol–water partition coefficient (Wildman–Crippen LogP) is 4.49. The second-order valence-corrected chi connectivity index (χ2v) is 7.48. The molecule has 2 aromatic rings. The summed E-state index contributed by atoms with van der Waals surface area (Å²) in [6.45, 7) is 4.24. The van der Waals surface area contributed by atoms with Crippen molar-refractivity contribution in [3.8, 4) is 5.75 Å². The van der Waals surface area contributed by atoms with Crippen molar-refractivity contribution >= 4 is 22.9 Å². The largest absolute Gasteiger partial charge is 0.494 e. The van der Waals surface area contributed by atoms with E-state index in [2.05, 4.69) is 15.5 Å². The van der Waals surface area contributed by atoms with E-state index in [-0.39, 0.29) is 11.7 Å². The Bertz CT molecular complexity index is 889. The van der Waals surface area contributed by atoms with E-state index in [0.29, 0.717) is 23.4 Å². The van der Waals surface area contributed by atoms with Gasteiger partial charge in [-0.05, 0) is 74.8 Å². The van der Waals surface area contributed by atoms with Crippen LogP contribution in [-0.2, 0) is 4.79 Å². The van der Waals surface area contributed by atoms with Gasteiger partial charge >= 0.3 is 0 Å². The number of nitrogens with one attached hydrogen (secondary N) is 2. The van der Waals surface area contributed by atoms with Gasteiger partial charge in [-0.1, -0.05) is 6.42 Å². The number of benzene rings is 2. The van der Waals surface area contributed by atoms with Gasteiger partial charge in [-0.15, -0.1) is 0 Å². The first-order valence-corrected chi connectivity index (χ1v) is 10.2. The third kappa shape index (κ3) is 4.95. The summed E-state index contributed by atoms with van der Waals surface area (Å²) in [6.07, 6.45) is 6.67. The van der Waals surface area contributed by atoms with Gasteiger partial charge in [0.1, 0.15) is 11.6 Å². The molecular weight excluding hydrogens is 369 g/mol. The van der Waals surface area contributed by atoms with Crippen LogP contribution in [0.15, 0.2) is 48.7 Å². The lowest BCUT2D eigenvalue weighted by Gasteiger charge is -2.26. The number of ether oxygens (including phenoxy) is 1. The number of nitrogens with zero attached hydrogens (tertiary/aromatic N) is 1. The molecule has 6 heteroatoms. The molecule has 152 valence electrons. The molecule has 0 spiro atoms. The zero-order valence-corrected chi connectivity index (χ0v) is 16.4. The van der Waals surface area contributed by atoms with Crippen LogP contribution in [0.4, 0.5) is 15.8 Å². The lowest BCUT2D eigenvalue weighted by Crippen LogP contribution is -2.31. The number of piperidine rings is 1. The van der Waals surface area contributed by atoms with Crippen molar-refractivity contribution in [2.24, 2.45) is 0 Å². The molecule has 2 aliphatic rings. The highest BCUT2D eigenvalue weighted by atomic mass is 19.1. The van der Waals surface area contributed by atoms with Gasteiger partial charge < -0.3 is 20.3 Å². The molecule has 0 unspecified atom stereocenters. The van der Waals surface area contributed by atoms with Crippen molar-refractivity contribution in [1.82, 2.24) is 4.90 Å². The van der Waals surface area contributed by atoms with E-state index in [1.807, 2.05) is 24.3 Å². The lowest BCUT2D eigenvalue weighted by atomic mass is 10.1. The van der Waals surface area contributed by atoms with Gasteiger partial charge in [0.05, 0.1) is 17.9 Å². The monoisotopic (exact) mass is 395 g/mol. The molecule has 0 bridgehead atoms. The van der Waals surface area contributed by atoms with Crippen LogP contribution in [-0.4, -0.2) is 37.0 Å². The molecule has 0 radical (unpaired) electrons. The summed E-state index contributed by atoms with van der Waals surface area (Å²) in [7, 11) is 0. The summed E-state index contributed by atoms with van der Waals surface area (Å²) in [5.41, 5.74) is 2.52. The first-order chi connectivity index (χ1) is 14.2. The van der Waals surface area contributed by atoms with Crippen molar-refractivity contribution in [3.63, 3.8) is 0 Å². The maximum absolute atomic E-state index is 13.3. The van der Waals surface area contributed by atoms with Crippen molar-refractivity contribution in [2.45, 2.75) is 25.7 Å². The molecule has 0 atom stereocenters. The molecule has 2 aliphatic heterocycles. The third-order valence-electron chi connectivity index (χ3n) is 5.34. The fraction of sp³-hybridized carbons (Fsp3) is 0.348. The number of fused-ring (bicyclic) bond motifs is 1. The van der Waals surface area contributed by atoms with Gasteiger partial charge in [-0.2, -0.15) is 0 Å². The highest BCUT2D eigenvalue weighted by Crippen LogP contribution is 2.32. The Balaban J connectivity index is 1.27. The SMILES string of the molecule is O=C1Nc2cc(F)ccc2/C1=C\Nc1ccc(OCCCN2CCCCC2)cc1. The third-order valence-corrected chi connectivity index (χ3v) is 5.34. The zero-order chi connectivity index (χ0) is 20.1. The van der Waals surface area contributed by atoms with E-state index in [0.717, 1.165) is 24.4 Å². The van der Waals surface area contributed by atoms with Crippen LogP contribution in [0.5, 0.6) is 5.75 Å². The molecule has 4 rings (SSSR count). The van der Waals surface area contributed by atoms with Crippen molar-refractivity contribution < 1.29 is 13.9 Å². The number of rotatable bonds is 7. The molecule has 2 heterocycles. The Kier molecular flexibility index (Phi) is 6.10. The van der Waals surface area contributed by atoms with Gasteiger partial charge in [0, 0.05) is 24.0 Å². The standard InChI is InChI=1S/C23H26FN3O2/c24-17-5-10-20-21(23(28)26-22(20)15-17)16-25-18-6-8-19(9-7-18)29-14-4-13-27-11-2-1-3-12-27/h5-10,15-16,25H,1-4,11-14H2,(H,26,28)/b21-16+. The average Bonchev–Trinajstić information content (AvgIpc) is 3.05. The summed E-state index contributed by atoms with van der Waals surface area (Å²) in [6, 6.07) is 11.9. The highest BCUT2D eigenvalue weighted by Gasteiger charge is 2.24. The minimum Gasteiger partial charge on any atom is -0.494 e. The topological polar surface area (TPSA) is 53.6 Å². The van der Waals surface area contributed by atoms with Crippen molar-refractivity contribution in [1.29, 1.82) is 0 Å². The summed E-state index contributed by atoms with van der Waals surface area (Å²) < 4.78 is 19.1. The van der Waals surface area contributed by atoms with Crippen LogP contribution in [0.25, 0.3) is 5.57 Å². The minimum absolute atomic E-state index is 0.244. The molecule has 1 amide bonds. The Morgan fingerprint density at radius 2 is 1.90 bits per heavy atom. The van der Waals surface area contributed by atoms with Gasteiger partial charge in [0.15, 0.2) is 0 Å². The van der Waals surface area contributed by atoms with Gasteiger partial charge in [-0.3, -0.25) is 4.79 Å². The van der Waals surface area contributed by atoms with Crippen LogP contribution in [0, 0.1) is 5.82 Å². The Morgan fingerprint density at radius 3 is 2.69 bits per heavy atom. The molecular formula is C23H26FN3O2. The smallest absolute Gasteiger partial charge is 0.257 e. The van der Waals surface area contributed by atoms with Gasteiger partial charge in [0.2, 0.25) is 0 Å². The van der Waals surface area contributed by atoms with Crippen LogP contribution >= 0.6 is 0 Å². The molecule has 2 aromatic carbocycles. The Labute approximate surface area is 170 Å². The van der Waals surface area contributed by atoms with Crippen LogP contribution in [0.2, 0.25) is 0 Å². The molecule has 1 fully saturated rings. The van der Waals surface area contributed by atoms with Crippen LogP contribution in [0.1, 0.15) is 31.2 Å². The maximum atomic E-state index is 13.3. The fourth-order valence-corrected chi connectivity index (χ4v) is 3.77. The Hall–Kier alpha value is -2.86. The number of halogens is 1. The fourth-order valence-electron chi connectivity index (χ4n) is 3.77. The average molecular weight is 395 g/mol. The van der Waals surface area contributed by atoms with E-state index in [1.165, 1.54) is 44.5 Å². The first kappa shape index (κ1) is 19.5. The maximum Gasteiger partial charge on any atom is 0.257 e. The molecule has 0 aromatic heterocycles. The van der Waals surface area contributed by atoms with E-state index < -0.39 is 0 Å². The molecule has 5 nitrogen and oxygen atoms in total. The number of likely N-dealkylation sites (tertiary alicyclic amines) is 1. The summed E-state index contributed by atoms with van der Waals surface area (Å²) in [4.78, 5) is 14.6. The number of anilines is 2. The van der Waals surface area contributed by atoms with E-state index in [4.69, 9.17) is 4.74 Å². The van der Waals surface area contributed by atoms with Gasteiger partial charge in [0.25, 0.3) is 5.91 Å². The Morgan fingerprint density at radius 1 is 1.10 bits per heavy atom. The lowest BCUT2D eigenvalue weighted by molar-refractivity contribution is -0.110. The quantitative estimate of drug-likeness (QED) is 0.536. The molecule has 0 saturated carbocycles. The van der Waals surface area contributed by atoms with Crippen molar-refractivity contribution in [3.05, 3.63) is 60.0 Å². The number of hydrogen-bond acceptors (Lipinski definition) is 4. The zero-order valence-electron chi connectivity index (χ0n) is 16.4. The van der Waals surface area contributed by atoms with E-state index in [1.54, 1.807) is 12.3 Å². The second kappa shape index (κ2) is 9.09. The number of hydrogen-bond donors (Lipinski definition) is 2. The van der Waals surface area contributed by atoms with E-state index in [9.17, 15) is 9.18 Å². The summed E-state index contributed by atoms with van der Waals surface area (Å²) in [5, 5.41) is 5.81. The minimum atomic E-state index is -0.371. The summed E-state index contributed by atoms with van der Waals surface area (Å²) in [5.74, 6) is 0.220. The normalized spacial score (nSPS) is 17.8. The number of carbonyl (C=O) groups excluding carboxylic acids is 1. The second-order valence-electron chi connectivity index (χ2n) is 7.48. The molecule has 1 saturated heterocycles. The van der Waals surface area contributed by atoms with Crippen LogP contribution < -0.4 is 15.4 Å². The molecule has 29 heavy (non-hydrogen) atoms.